The molecule has 0 radical (unpaired) electrons. The van der Waals surface area contributed by atoms with E-state index < -0.39 is 0 Å². The average molecular weight is 1380 g/mol. The van der Waals surface area contributed by atoms with Gasteiger partial charge in [0.2, 0.25) is 0 Å². The topological polar surface area (TPSA) is 40.6 Å². The van der Waals surface area contributed by atoms with Gasteiger partial charge in [0.05, 0.1) is 44.5 Å². The van der Waals surface area contributed by atoms with Crippen LogP contribution in [0.4, 0.5) is 0 Å². The Kier molecular flexibility index (Phi) is 13.2. The monoisotopic (exact) mass is 1380 g/mol. The maximum atomic E-state index is 5.57. The molecule has 510 valence electrons. The average Bonchev–Trinajstić information content (AvgIpc) is 1.58. The molecule has 4 heterocycles. The van der Waals surface area contributed by atoms with Gasteiger partial charge in [0.15, 0.2) is 5.82 Å². The van der Waals surface area contributed by atoms with E-state index in [-0.39, 0.29) is 16.2 Å². The lowest BCUT2D eigenvalue weighted by Gasteiger charge is -2.22. The first-order valence-electron chi connectivity index (χ1n) is 37.8. The molecule has 0 saturated carbocycles. The van der Waals surface area contributed by atoms with E-state index in [1.54, 1.807) is 0 Å². The second kappa shape index (κ2) is 22.9. The van der Waals surface area contributed by atoms with Gasteiger partial charge in [-0.2, -0.15) is 0 Å². The van der Waals surface area contributed by atoms with Crippen LogP contribution >= 0.6 is 0 Å². The first kappa shape index (κ1) is 62.2. The number of hydrogen-bond acceptors (Lipinski definition) is 2. The van der Waals surface area contributed by atoms with Gasteiger partial charge < -0.3 is 13.7 Å². The molecule has 0 atom stereocenters. The van der Waals surface area contributed by atoms with Gasteiger partial charge in [0.25, 0.3) is 0 Å². The van der Waals surface area contributed by atoms with Gasteiger partial charge in [0.1, 0.15) is 0 Å². The molecular formula is C103H73N5. The van der Waals surface area contributed by atoms with Gasteiger partial charge >= 0.3 is 0 Å². The largest absolute Gasteiger partial charge is 0.309 e. The van der Waals surface area contributed by atoms with Crippen LogP contribution in [-0.4, -0.2) is 23.7 Å². The summed E-state index contributed by atoms with van der Waals surface area (Å²) in [6.07, 6.45) is 0. The van der Waals surface area contributed by atoms with E-state index in [4.69, 9.17) is 9.97 Å². The van der Waals surface area contributed by atoms with E-state index in [1.807, 2.05) is 0 Å². The number of aromatic nitrogens is 5. The maximum Gasteiger partial charge on any atom is 0.160 e. The van der Waals surface area contributed by atoms with Gasteiger partial charge in [0, 0.05) is 82.3 Å². The second-order valence-corrected chi connectivity index (χ2v) is 31.7. The van der Waals surface area contributed by atoms with Crippen molar-refractivity contribution in [3.8, 4) is 118 Å². The first-order chi connectivity index (χ1) is 52.8. The molecule has 4 aromatic heterocycles. The molecule has 5 nitrogen and oxygen atoms in total. The lowest BCUT2D eigenvalue weighted by atomic mass is 9.81. The van der Waals surface area contributed by atoms with Crippen LogP contribution in [0.25, 0.3) is 183 Å². The number of para-hydroxylation sites is 3. The zero-order chi connectivity index (χ0) is 72.1. The predicted octanol–water partition coefficient (Wildman–Crippen LogP) is 26.7. The number of nitrogens with zero attached hydrogens (tertiary/aromatic N) is 5. The fourth-order valence-corrected chi connectivity index (χ4v) is 19.2. The quantitative estimate of drug-likeness (QED) is 0.144. The van der Waals surface area contributed by atoms with Crippen LogP contribution in [0.3, 0.4) is 0 Å². The highest BCUT2D eigenvalue weighted by Crippen LogP contribution is 2.54. The molecule has 0 N–H and O–H groups in total. The summed E-state index contributed by atoms with van der Waals surface area (Å²) < 4.78 is 7.24. The summed E-state index contributed by atoms with van der Waals surface area (Å²) in [5, 5.41) is 7.29. The van der Waals surface area contributed by atoms with Crippen LogP contribution in [0.15, 0.2) is 334 Å². The molecule has 22 rings (SSSR count). The predicted molar refractivity (Wildman–Crippen MR) is 450 cm³/mol. The summed E-state index contributed by atoms with van der Waals surface area (Å²) in [6.45, 7) is 14.2. The van der Waals surface area contributed by atoms with Gasteiger partial charge in [-0.25, -0.2) is 9.97 Å². The van der Waals surface area contributed by atoms with Gasteiger partial charge in [-0.3, -0.25) is 0 Å². The van der Waals surface area contributed by atoms with Crippen molar-refractivity contribution in [2.45, 2.75) is 57.8 Å². The molecule has 0 saturated heterocycles. The molecule has 19 aromatic rings. The maximum absolute atomic E-state index is 5.57. The number of hydrogen-bond donors (Lipinski definition) is 0. The zero-order valence-electron chi connectivity index (χ0n) is 61.0. The van der Waals surface area contributed by atoms with Gasteiger partial charge in [-0.05, 0) is 215 Å². The Balaban J connectivity index is 0.646. The molecule has 15 aromatic carbocycles. The van der Waals surface area contributed by atoms with Crippen molar-refractivity contribution in [2.75, 3.05) is 0 Å². The molecule has 3 aliphatic rings. The molecule has 0 unspecified atom stereocenters. The second-order valence-electron chi connectivity index (χ2n) is 31.7. The number of rotatable bonds is 9. The van der Waals surface area contributed by atoms with E-state index in [1.165, 1.54) is 132 Å². The third kappa shape index (κ3) is 9.12. The van der Waals surface area contributed by atoms with E-state index >= 15 is 0 Å². The lowest BCUT2D eigenvalue weighted by molar-refractivity contribution is 0.660. The molecular weight excluding hydrogens is 1310 g/mol. The van der Waals surface area contributed by atoms with E-state index in [2.05, 4.69) is 389 Å². The minimum absolute atomic E-state index is 0.0862. The van der Waals surface area contributed by atoms with Crippen LogP contribution in [0.2, 0.25) is 0 Å². The zero-order valence-corrected chi connectivity index (χ0v) is 61.0. The molecule has 0 spiro atoms. The van der Waals surface area contributed by atoms with Crippen LogP contribution in [0, 0.1) is 0 Å². The summed E-state index contributed by atoms with van der Waals surface area (Å²) in [5.74, 6) is 0.645. The van der Waals surface area contributed by atoms with E-state index in [0.29, 0.717) is 5.82 Å². The molecule has 0 bridgehead atoms. The SMILES string of the molecule is CC1(C)c2ccccc2-c2ccc(-c3ccc4c(c3)c3ccccc3n4-c3ccc(-c4cc(-c5ccc(-n6c7ccccc7c7cc(-c8ccc9c(c8)C(C)(C)c8ccccc8-9)ccc76)cc5)nc(-c5cccc(-n6c7ccccc7c7cc(-c8ccc9c(c8)C(C)(C)c8ccccc8-9)ccc76)c5)n4)cc3)cc21. The minimum atomic E-state index is -0.0951. The van der Waals surface area contributed by atoms with Gasteiger partial charge in [-0.15, -0.1) is 0 Å². The van der Waals surface area contributed by atoms with E-state index in [0.717, 1.165) is 78.2 Å². The highest BCUT2D eigenvalue weighted by molar-refractivity contribution is 6.13. The fraction of sp³-hybridized carbons (Fsp3) is 0.0874. The smallest absolute Gasteiger partial charge is 0.160 e. The Labute approximate surface area is 627 Å². The Morgan fingerprint density at radius 3 is 0.870 bits per heavy atom. The minimum Gasteiger partial charge on any atom is -0.309 e. The third-order valence-electron chi connectivity index (χ3n) is 24.7. The Morgan fingerprint density at radius 1 is 0.194 bits per heavy atom. The Bertz CT molecular complexity index is 6780. The first-order valence-corrected chi connectivity index (χ1v) is 37.8. The Morgan fingerprint density at radius 2 is 0.491 bits per heavy atom. The molecule has 5 heteroatoms. The van der Waals surface area contributed by atoms with Crippen molar-refractivity contribution in [2.24, 2.45) is 0 Å². The number of benzene rings is 15. The van der Waals surface area contributed by atoms with Crippen molar-refractivity contribution < 1.29 is 0 Å². The van der Waals surface area contributed by atoms with Crippen LogP contribution in [-0.2, 0) is 16.2 Å². The van der Waals surface area contributed by atoms with Crippen LogP contribution in [0.5, 0.6) is 0 Å². The van der Waals surface area contributed by atoms with Crippen LogP contribution < -0.4 is 0 Å². The fourth-order valence-electron chi connectivity index (χ4n) is 19.2. The van der Waals surface area contributed by atoms with E-state index in [9.17, 15) is 0 Å². The standard InChI is InChI=1S/C103H73N5/c1-101(2)86-28-13-7-22-74(86)77-48-38-67(58-89(77)101)64-41-51-97-83(55-64)80-25-10-16-31-94(80)106(97)71-44-34-62(35-45-71)92-61-93(63-36-46-72(47-37-63)107-95-32-17-11-26-81(95)84-56-65(42-52-98(84)107)68-39-49-78-75-23-8-14-29-87(75)102(3,4)90(78)59-68)105-100(104-92)70-20-19-21-73(54-70)108-96-33-18-12-27-82(96)85-57-66(43-53-99(85)108)69-40-50-79-76-24-9-15-30-88(76)103(5,6)91(79)60-69/h7-61H,1-6H3. The van der Waals surface area contributed by atoms with Crippen molar-refractivity contribution in [1.29, 1.82) is 0 Å². The molecule has 0 aliphatic heterocycles. The van der Waals surface area contributed by atoms with Crippen molar-refractivity contribution in [3.05, 3.63) is 367 Å². The molecule has 0 amide bonds. The molecule has 0 fully saturated rings. The normalized spacial score (nSPS) is 14.1. The highest BCUT2D eigenvalue weighted by atomic mass is 15.0. The van der Waals surface area contributed by atoms with Crippen molar-refractivity contribution >= 4 is 65.4 Å². The molecule has 108 heavy (non-hydrogen) atoms. The third-order valence-corrected chi connectivity index (χ3v) is 24.7. The number of fused-ring (bicyclic) bond motifs is 18. The summed E-state index contributed by atoms with van der Waals surface area (Å²) >= 11 is 0. The molecule has 3 aliphatic carbocycles. The summed E-state index contributed by atoms with van der Waals surface area (Å²) in [6, 6.07) is 124. The van der Waals surface area contributed by atoms with Crippen molar-refractivity contribution in [1.82, 2.24) is 23.7 Å². The van der Waals surface area contributed by atoms with Gasteiger partial charge in [-0.1, -0.05) is 260 Å². The Hall–Kier alpha value is -13.2. The summed E-state index contributed by atoms with van der Waals surface area (Å²) in [7, 11) is 0. The lowest BCUT2D eigenvalue weighted by Crippen LogP contribution is -2.14. The summed E-state index contributed by atoms with van der Waals surface area (Å²) in [5.41, 5.74) is 38.0. The van der Waals surface area contributed by atoms with Crippen molar-refractivity contribution in [3.63, 3.8) is 0 Å². The van der Waals surface area contributed by atoms with Crippen LogP contribution in [0.1, 0.15) is 74.9 Å². The summed E-state index contributed by atoms with van der Waals surface area (Å²) in [4.78, 5) is 11.1. The highest BCUT2D eigenvalue weighted by Gasteiger charge is 2.38.